The molecule has 0 saturated heterocycles. The van der Waals surface area contributed by atoms with Crippen molar-refractivity contribution < 1.29 is 14.3 Å². The lowest BCUT2D eigenvalue weighted by Gasteiger charge is -2.15. The van der Waals surface area contributed by atoms with Gasteiger partial charge in [-0.2, -0.15) is 0 Å². The number of rotatable bonds is 2. The number of hydrogen-bond donors (Lipinski definition) is 0. The number of carbonyl (C=O) groups excluding carboxylic acids is 2. The number of Topliss-reactive ketones (excluding diaryl/α,β-unsaturated/α-hetero) is 1. The monoisotopic (exact) mass is 325 g/mol. The smallest absolute Gasteiger partial charge is 0.350 e. The molecule has 0 spiro atoms. The molecule has 0 unspecified atom stereocenters. The molecule has 1 aliphatic rings. The molecule has 0 N–H and O–H groups in total. The molecule has 0 fully saturated rings. The number of ether oxygens (including phenoxy) is 1. The largest absolute Gasteiger partial charge is 0.465 e. The standard InChI is InChI=1S/C18H15NO3S/c1-22-18(21)17-14(9-10-23-17)19-12-6-3-2-5-11(12)16-13(19)7-4-8-15(16)20/h2-3,5-6,9-10H,4,7-8H2,1H3. The van der Waals surface area contributed by atoms with Crippen molar-refractivity contribution >= 4 is 34.0 Å². The maximum absolute atomic E-state index is 12.5. The Morgan fingerprint density at radius 1 is 1.22 bits per heavy atom. The number of ketones is 1. The van der Waals surface area contributed by atoms with E-state index >= 15 is 0 Å². The van der Waals surface area contributed by atoms with Crippen LogP contribution in [0.4, 0.5) is 0 Å². The van der Waals surface area contributed by atoms with Gasteiger partial charge in [-0.3, -0.25) is 4.79 Å². The van der Waals surface area contributed by atoms with Crippen molar-refractivity contribution in [2.75, 3.05) is 7.11 Å². The van der Waals surface area contributed by atoms with E-state index in [2.05, 4.69) is 4.57 Å². The SMILES string of the molecule is COC(=O)c1sccc1-n1c2c(c3ccccc31)C(=O)CCC2. The third-order valence-corrected chi connectivity index (χ3v) is 5.21. The number of benzene rings is 1. The maximum Gasteiger partial charge on any atom is 0.350 e. The van der Waals surface area contributed by atoms with Crippen LogP contribution in [0.25, 0.3) is 16.6 Å². The van der Waals surface area contributed by atoms with Crippen molar-refractivity contribution in [3.05, 3.63) is 51.8 Å². The van der Waals surface area contributed by atoms with E-state index in [9.17, 15) is 9.59 Å². The van der Waals surface area contributed by atoms with E-state index in [4.69, 9.17) is 4.74 Å². The first-order chi connectivity index (χ1) is 11.2. The summed E-state index contributed by atoms with van der Waals surface area (Å²) in [4.78, 5) is 25.1. The Morgan fingerprint density at radius 3 is 2.87 bits per heavy atom. The molecule has 0 saturated carbocycles. The van der Waals surface area contributed by atoms with Gasteiger partial charge in [0.2, 0.25) is 0 Å². The van der Waals surface area contributed by atoms with Gasteiger partial charge >= 0.3 is 5.97 Å². The van der Waals surface area contributed by atoms with Crippen molar-refractivity contribution in [2.45, 2.75) is 19.3 Å². The predicted molar refractivity (Wildman–Crippen MR) is 89.8 cm³/mol. The molecule has 0 amide bonds. The zero-order valence-corrected chi connectivity index (χ0v) is 13.5. The topological polar surface area (TPSA) is 48.3 Å². The first kappa shape index (κ1) is 14.2. The fraction of sp³-hybridized carbons (Fsp3) is 0.222. The average Bonchev–Trinajstić information content (AvgIpc) is 3.16. The number of fused-ring (bicyclic) bond motifs is 3. The molecule has 23 heavy (non-hydrogen) atoms. The first-order valence-electron chi connectivity index (χ1n) is 7.54. The highest BCUT2D eigenvalue weighted by molar-refractivity contribution is 7.12. The lowest BCUT2D eigenvalue weighted by Crippen LogP contribution is -2.13. The van der Waals surface area contributed by atoms with Gasteiger partial charge in [-0.15, -0.1) is 11.3 Å². The number of nitrogens with zero attached hydrogens (tertiary/aromatic N) is 1. The second kappa shape index (κ2) is 5.35. The zero-order valence-electron chi connectivity index (χ0n) is 12.7. The first-order valence-corrected chi connectivity index (χ1v) is 8.42. The van der Waals surface area contributed by atoms with Gasteiger partial charge in [0.1, 0.15) is 4.88 Å². The van der Waals surface area contributed by atoms with E-state index in [1.807, 2.05) is 35.7 Å². The van der Waals surface area contributed by atoms with Crippen LogP contribution in [-0.4, -0.2) is 23.4 Å². The Kier molecular flexibility index (Phi) is 3.31. The summed E-state index contributed by atoms with van der Waals surface area (Å²) >= 11 is 1.36. The van der Waals surface area contributed by atoms with Crippen LogP contribution in [0.5, 0.6) is 0 Å². The van der Waals surface area contributed by atoms with Crippen molar-refractivity contribution in [1.82, 2.24) is 4.57 Å². The molecule has 0 atom stereocenters. The summed E-state index contributed by atoms with van der Waals surface area (Å²) in [5, 5.41) is 2.85. The van der Waals surface area contributed by atoms with Crippen molar-refractivity contribution in [3.8, 4) is 5.69 Å². The Hall–Kier alpha value is -2.40. The summed E-state index contributed by atoms with van der Waals surface area (Å²) in [6, 6.07) is 9.81. The number of aromatic nitrogens is 1. The quantitative estimate of drug-likeness (QED) is 0.669. The van der Waals surface area contributed by atoms with Crippen LogP contribution >= 0.6 is 11.3 Å². The molecule has 2 heterocycles. The Morgan fingerprint density at radius 2 is 2.04 bits per heavy atom. The summed E-state index contributed by atoms with van der Waals surface area (Å²) in [6.45, 7) is 0. The number of methoxy groups -OCH3 is 1. The van der Waals surface area contributed by atoms with Gasteiger partial charge in [0.25, 0.3) is 0 Å². The van der Waals surface area contributed by atoms with Gasteiger partial charge in [-0.25, -0.2) is 4.79 Å². The Balaban J connectivity index is 2.07. The van der Waals surface area contributed by atoms with Gasteiger partial charge in [-0.1, -0.05) is 18.2 Å². The van der Waals surface area contributed by atoms with E-state index in [1.165, 1.54) is 18.4 Å². The van der Waals surface area contributed by atoms with E-state index in [1.54, 1.807) is 0 Å². The number of hydrogen-bond acceptors (Lipinski definition) is 4. The molecule has 0 bridgehead atoms. The Bertz CT molecular complexity index is 935. The van der Waals surface area contributed by atoms with Gasteiger partial charge in [0.15, 0.2) is 5.78 Å². The van der Waals surface area contributed by atoms with Gasteiger partial charge < -0.3 is 9.30 Å². The lowest BCUT2D eigenvalue weighted by molar-refractivity contribution is 0.0606. The van der Waals surface area contributed by atoms with Gasteiger partial charge in [-0.05, 0) is 30.4 Å². The molecule has 0 radical (unpaired) electrons. The van der Waals surface area contributed by atoms with Crippen molar-refractivity contribution in [2.24, 2.45) is 0 Å². The fourth-order valence-corrected chi connectivity index (χ4v) is 4.17. The molecule has 1 aromatic carbocycles. The second-order valence-electron chi connectivity index (χ2n) is 5.58. The molecule has 2 aromatic heterocycles. The van der Waals surface area contributed by atoms with Crippen LogP contribution in [-0.2, 0) is 11.2 Å². The molecule has 4 nitrogen and oxygen atoms in total. The number of carbonyl (C=O) groups is 2. The van der Waals surface area contributed by atoms with Crippen LogP contribution in [0.15, 0.2) is 35.7 Å². The zero-order chi connectivity index (χ0) is 16.0. The Labute approximate surface area is 137 Å². The highest BCUT2D eigenvalue weighted by Gasteiger charge is 2.28. The van der Waals surface area contributed by atoms with Gasteiger partial charge in [0, 0.05) is 23.1 Å². The molecule has 5 heteroatoms. The summed E-state index contributed by atoms with van der Waals surface area (Å²) in [6.07, 6.45) is 2.28. The average molecular weight is 325 g/mol. The molecule has 4 rings (SSSR count). The van der Waals surface area contributed by atoms with Crippen molar-refractivity contribution in [3.63, 3.8) is 0 Å². The molecule has 1 aliphatic carbocycles. The van der Waals surface area contributed by atoms with E-state index in [0.717, 1.165) is 40.7 Å². The van der Waals surface area contributed by atoms with Crippen LogP contribution in [0, 0.1) is 0 Å². The van der Waals surface area contributed by atoms with Crippen LogP contribution in [0.1, 0.15) is 38.6 Å². The van der Waals surface area contributed by atoms with Crippen LogP contribution in [0.2, 0.25) is 0 Å². The minimum absolute atomic E-state index is 0.191. The predicted octanol–water partition coefficient (Wildman–Crippen LogP) is 4.00. The normalized spacial score (nSPS) is 14.0. The summed E-state index contributed by atoms with van der Waals surface area (Å²) in [7, 11) is 1.39. The second-order valence-corrected chi connectivity index (χ2v) is 6.49. The van der Waals surface area contributed by atoms with E-state index < -0.39 is 0 Å². The molecule has 0 aliphatic heterocycles. The fourth-order valence-electron chi connectivity index (χ4n) is 3.38. The highest BCUT2D eigenvalue weighted by Crippen LogP contribution is 2.36. The van der Waals surface area contributed by atoms with Crippen molar-refractivity contribution in [1.29, 1.82) is 0 Å². The molecular weight excluding hydrogens is 310 g/mol. The summed E-state index contributed by atoms with van der Waals surface area (Å²) in [5.74, 6) is -0.153. The number of para-hydroxylation sites is 1. The van der Waals surface area contributed by atoms with E-state index in [-0.39, 0.29) is 11.8 Å². The van der Waals surface area contributed by atoms with E-state index in [0.29, 0.717) is 11.3 Å². The number of esters is 1. The third-order valence-electron chi connectivity index (χ3n) is 4.33. The minimum Gasteiger partial charge on any atom is -0.465 e. The molecule has 116 valence electrons. The minimum atomic E-state index is -0.344. The summed E-state index contributed by atoms with van der Waals surface area (Å²) in [5.41, 5.74) is 3.59. The highest BCUT2D eigenvalue weighted by atomic mass is 32.1. The lowest BCUT2D eigenvalue weighted by atomic mass is 9.94. The van der Waals surface area contributed by atoms with Gasteiger partial charge in [0.05, 0.1) is 18.3 Å². The molecular formula is C18H15NO3S. The van der Waals surface area contributed by atoms with Crippen LogP contribution < -0.4 is 0 Å². The molecule has 3 aromatic rings. The van der Waals surface area contributed by atoms with Crippen LogP contribution in [0.3, 0.4) is 0 Å². The summed E-state index contributed by atoms with van der Waals surface area (Å²) < 4.78 is 6.96. The third kappa shape index (κ3) is 2.04. The maximum atomic E-state index is 12.5. The number of thiophene rings is 1.